The van der Waals surface area contributed by atoms with Crippen LogP contribution >= 0.6 is 0 Å². The van der Waals surface area contributed by atoms with Crippen molar-refractivity contribution in [3.05, 3.63) is 11.5 Å². The first-order chi connectivity index (χ1) is 6.84. The van der Waals surface area contributed by atoms with E-state index in [-0.39, 0.29) is 71.6 Å². The summed E-state index contributed by atoms with van der Waals surface area (Å²) in [7, 11) is 0. The van der Waals surface area contributed by atoms with Crippen LogP contribution in [0, 0.1) is 36.5 Å². The maximum atomic E-state index is 11.1. The molecule has 0 unspecified atom stereocenters. The zero-order valence-corrected chi connectivity index (χ0v) is 16.9. The molecule has 0 aromatic heterocycles. The zero-order chi connectivity index (χ0) is 13.6. The number of rotatable bonds is 3. The average Bonchev–Trinajstić information content (AvgIpc) is 1.94. The fourth-order valence-electron chi connectivity index (χ4n) is 0.602. The third-order valence-corrected chi connectivity index (χ3v) is 1.42. The van der Waals surface area contributed by atoms with Crippen molar-refractivity contribution >= 4 is 11.7 Å². The van der Waals surface area contributed by atoms with E-state index in [1.54, 1.807) is 0 Å². The van der Waals surface area contributed by atoms with Crippen LogP contribution < -0.4 is 0 Å². The van der Waals surface area contributed by atoms with Gasteiger partial charge in [-0.05, 0) is 6.42 Å². The summed E-state index contributed by atoms with van der Waals surface area (Å²) >= 11 is 0. The molecule has 0 saturated heterocycles. The van der Waals surface area contributed by atoms with Gasteiger partial charge in [-0.3, -0.25) is 4.79 Å². The van der Waals surface area contributed by atoms with E-state index in [9.17, 15) is 9.59 Å². The molecule has 0 aliphatic carbocycles. The van der Waals surface area contributed by atoms with Gasteiger partial charge in [0.05, 0.1) is 0 Å². The van der Waals surface area contributed by atoms with Gasteiger partial charge in [0.15, 0.2) is 0 Å². The number of nitrogens with one attached hydrogen (secondary N) is 2. The van der Waals surface area contributed by atoms with E-state index in [0.717, 1.165) is 0 Å². The van der Waals surface area contributed by atoms with Gasteiger partial charge in [0, 0.05) is 17.7 Å². The van der Waals surface area contributed by atoms with Crippen molar-refractivity contribution in [1.82, 2.24) is 0 Å². The summed E-state index contributed by atoms with van der Waals surface area (Å²) in [5, 5.41) is 0. The molecule has 0 spiro atoms. The summed E-state index contributed by atoms with van der Waals surface area (Å²) in [5.74, 6) is -0.624. The molecule has 0 aliphatic rings. The van der Waals surface area contributed by atoms with Crippen molar-refractivity contribution in [2.75, 3.05) is 0 Å². The van der Waals surface area contributed by atoms with Crippen LogP contribution in [0.25, 0.3) is 11.5 Å². The Balaban J connectivity index is -0.0000000717. The second-order valence-electron chi connectivity index (χ2n) is 5.85. The van der Waals surface area contributed by atoms with E-state index in [1.165, 1.54) is 0 Å². The number of Topliss-reactive ketones (excluding diaryl/α,β-unsaturated/α-hetero) is 1. The standard InChI is InChI=1S/C8H15NO2.C4H10N.2H2O.U/c1-8(2,3)6(10)4-5-7(9)11;1-4(2,3)5;;;/h4-5H2,1-3H3,(H2,9,11);5H,1-3H3;2*1H2;/q;-1;;;+2/p-1. The Morgan fingerprint density at radius 3 is 1.32 bits per heavy atom. The Kier molecular flexibility index (Phi) is 21.6. The SMILES string of the molecule is CC(C)(C)C(=O)CCC([NH-])=O.CC(C)(C)[NH-].O.O.[U+2]. The average molecular weight is 502 g/mol. The molecule has 7 heteroatoms. The van der Waals surface area contributed by atoms with E-state index in [4.69, 9.17) is 11.5 Å². The molecule has 114 valence electrons. The van der Waals surface area contributed by atoms with E-state index in [0.29, 0.717) is 0 Å². The second kappa shape index (κ2) is 13.1. The molecule has 0 bridgehead atoms. The monoisotopic (exact) mass is 502 g/mol. The van der Waals surface area contributed by atoms with Crippen LogP contribution in [0.4, 0.5) is 0 Å². The van der Waals surface area contributed by atoms with Crippen molar-refractivity contribution < 1.29 is 51.7 Å². The van der Waals surface area contributed by atoms with Gasteiger partial charge in [-0.15, -0.1) is 5.54 Å². The molecule has 1 amide bonds. The molecule has 6 N–H and O–H groups in total. The van der Waals surface area contributed by atoms with Gasteiger partial charge in [0.1, 0.15) is 5.78 Å². The Morgan fingerprint density at radius 2 is 1.16 bits per heavy atom. The Labute approximate surface area is 140 Å². The number of hydrogen-bond donors (Lipinski definition) is 0. The molecule has 0 aromatic carbocycles. The van der Waals surface area contributed by atoms with Crippen molar-refractivity contribution in [1.29, 1.82) is 0 Å². The van der Waals surface area contributed by atoms with Gasteiger partial charge >= 0.3 is 31.1 Å². The Hall–Kier alpha value is 0.0719. The molecule has 6 nitrogen and oxygen atoms in total. The zero-order valence-electron chi connectivity index (χ0n) is 12.7. The van der Waals surface area contributed by atoms with E-state index in [2.05, 4.69) is 0 Å². The minimum atomic E-state index is -0.664. The van der Waals surface area contributed by atoms with E-state index < -0.39 is 5.91 Å². The fraction of sp³-hybridized carbons (Fsp3) is 0.833. The Bertz CT molecular complexity index is 239. The van der Waals surface area contributed by atoms with Crippen LogP contribution in [0.15, 0.2) is 0 Å². The summed E-state index contributed by atoms with van der Waals surface area (Å²) in [6.07, 6.45) is 0.252. The minimum Gasteiger partial charge on any atom is -0.673 e. The van der Waals surface area contributed by atoms with Crippen LogP contribution in [0.2, 0.25) is 0 Å². The van der Waals surface area contributed by atoms with Crippen LogP contribution in [0.5, 0.6) is 0 Å². The fourth-order valence-corrected chi connectivity index (χ4v) is 0.602. The normalized spacial score (nSPS) is 9.63. The maximum absolute atomic E-state index is 11.1. The smallest absolute Gasteiger partial charge is 0.673 e. The molecular weight excluding hydrogens is 474 g/mol. The summed E-state index contributed by atoms with van der Waals surface area (Å²) in [5.41, 5.74) is 12.9. The molecule has 0 fully saturated rings. The van der Waals surface area contributed by atoms with Crippen molar-refractivity contribution in [3.8, 4) is 0 Å². The van der Waals surface area contributed by atoms with Gasteiger partial charge in [-0.1, -0.05) is 41.5 Å². The predicted octanol–water partition coefficient (Wildman–Crippen LogP) is 2.15. The molecule has 0 aliphatic heterocycles. The molecular formula is C12H28N2O4U. The van der Waals surface area contributed by atoms with Crippen molar-refractivity contribution in [2.45, 2.75) is 59.9 Å². The molecule has 0 saturated carbocycles. The van der Waals surface area contributed by atoms with E-state index >= 15 is 0 Å². The maximum Gasteiger partial charge on any atom is 2.00 e. The summed E-state index contributed by atoms with van der Waals surface area (Å²) < 4.78 is 0. The molecule has 0 radical (unpaired) electrons. The third-order valence-electron chi connectivity index (χ3n) is 1.42. The molecule has 0 aromatic rings. The second-order valence-corrected chi connectivity index (χ2v) is 5.85. The number of hydrogen-bond acceptors (Lipinski definition) is 2. The quantitative estimate of drug-likeness (QED) is 0.583. The Morgan fingerprint density at radius 1 is 0.895 bits per heavy atom. The number of carbonyl (C=O) groups excluding carboxylic acids is 2. The van der Waals surface area contributed by atoms with E-state index in [1.807, 2.05) is 41.5 Å². The number of amides is 1. The van der Waals surface area contributed by atoms with Crippen LogP contribution in [0.1, 0.15) is 54.4 Å². The summed E-state index contributed by atoms with van der Waals surface area (Å²) in [6, 6.07) is 0. The number of ketones is 1. The van der Waals surface area contributed by atoms with Crippen LogP contribution in [-0.2, 0) is 9.59 Å². The minimum absolute atomic E-state index is 0. The third kappa shape index (κ3) is 38.1. The van der Waals surface area contributed by atoms with Gasteiger partial charge in [0.25, 0.3) is 0 Å². The van der Waals surface area contributed by atoms with Gasteiger partial charge < -0.3 is 27.2 Å². The first-order valence-electron chi connectivity index (χ1n) is 5.37. The van der Waals surface area contributed by atoms with Crippen molar-refractivity contribution in [3.63, 3.8) is 0 Å². The largest absolute Gasteiger partial charge is 2.00 e. The molecule has 19 heavy (non-hydrogen) atoms. The summed E-state index contributed by atoms with van der Waals surface area (Å²) in [6.45, 7) is 11.0. The molecule has 0 atom stereocenters. The van der Waals surface area contributed by atoms with Crippen LogP contribution in [0.3, 0.4) is 0 Å². The van der Waals surface area contributed by atoms with Gasteiger partial charge in [0.2, 0.25) is 0 Å². The van der Waals surface area contributed by atoms with Gasteiger partial charge in [-0.25, -0.2) is 0 Å². The molecule has 0 heterocycles. The first kappa shape index (κ1) is 31.5. The topological polar surface area (TPSA) is 145 Å². The van der Waals surface area contributed by atoms with Crippen molar-refractivity contribution in [2.24, 2.45) is 5.41 Å². The number of carbonyl (C=O) groups is 2. The first-order valence-corrected chi connectivity index (χ1v) is 5.37. The van der Waals surface area contributed by atoms with Gasteiger partial charge in [-0.2, -0.15) is 0 Å². The molecule has 0 rings (SSSR count). The summed E-state index contributed by atoms with van der Waals surface area (Å²) in [4.78, 5) is 21.3. The predicted molar refractivity (Wildman–Crippen MR) is 74.3 cm³/mol. The van der Waals surface area contributed by atoms with Crippen LogP contribution in [-0.4, -0.2) is 28.2 Å².